The lowest BCUT2D eigenvalue weighted by atomic mass is 10.1. The summed E-state index contributed by atoms with van der Waals surface area (Å²) in [7, 11) is 0. The molecule has 1 amide bonds. The Kier molecular flexibility index (Phi) is 5.67. The molecule has 0 saturated carbocycles. The SMILES string of the molecule is CC(=O)c1ccc(Cn2cc(NC(=O)/C=C\c3ccccc3C(F)(F)F)cn2)o1. The summed E-state index contributed by atoms with van der Waals surface area (Å²) in [5, 5.41) is 6.59. The van der Waals surface area contributed by atoms with Crippen LogP contribution in [0.25, 0.3) is 6.08 Å². The van der Waals surface area contributed by atoms with Crippen LogP contribution >= 0.6 is 0 Å². The Morgan fingerprint density at radius 3 is 2.66 bits per heavy atom. The Balaban J connectivity index is 1.63. The third-order valence-electron chi connectivity index (χ3n) is 3.91. The number of nitrogens with one attached hydrogen (secondary N) is 1. The summed E-state index contributed by atoms with van der Waals surface area (Å²) in [4.78, 5) is 23.3. The van der Waals surface area contributed by atoms with Crippen LogP contribution in [0.15, 0.2) is 59.3 Å². The average molecular weight is 403 g/mol. The molecular weight excluding hydrogens is 387 g/mol. The van der Waals surface area contributed by atoms with Crippen molar-refractivity contribution in [3.8, 4) is 0 Å². The molecule has 0 saturated heterocycles. The molecular formula is C20H16F3N3O3. The van der Waals surface area contributed by atoms with Crippen molar-refractivity contribution in [3.05, 3.63) is 77.5 Å². The van der Waals surface area contributed by atoms with Crippen LogP contribution in [0.4, 0.5) is 18.9 Å². The van der Waals surface area contributed by atoms with Gasteiger partial charge in [-0.3, -0.25) is 14.3 Å². The van der Waals surface area contributed by atoms with Crippen molar-refractivity contribution in [2.75, 3.05) is 5.32 Å². The van der Waals surface area contributed by atoms with Gasteiger partial charge in [0.2, 0.25) is 5.91 Å². The lowest BCUT2D eigenvalue weighted by molar-refractivity contribution is -0.137. The number of carbonyl (C=O) groups is 2. The predicted octanol–water partition coefficient (Wildman–Crippen LogP) is 4.40. The minimum absolute atomic E-state index is 0.107. The molecule has 0 radical (unpaired) electrons. The molecule has 0 fully saturated rings. The summed E-state index contributed by atoms with van der Waals surface area (Å²) in [5.41, 5.74) is -0.563. The molecule has 0 aliphatic heterocycles. The molecule has 0 aliphatic rings. The summed E-state index contributed by atoms with van der Waals surface area (Å²) in [6.07, 6.45) is 0.546. The highest BCUT2D eigenvalue weighted by Crippen LogP contribution is 2.32. The minimum atomic E-state index is -4.51. The molecule has 3 rings (SSSR count). The molecule has 0 spiro atoms. The molecule has 0 bridgehead atoms. The van der Waals surface area contributed by atoms with Crippen LogP contribution in [0.5, 0.6) is 0 Å². The number of rotatable bonds is 6. The van der Waals surface area contributed by atoms with Crippen LogP contribution in [-0.4, -0.2) is 21.5 Å². The quantitative estimate of drug-likeness (QED) is 0.489. The molecule has 1 aromatic carbocycles. The maximum absolute atomic E-state index is 13.0. The van der Waals surface area contributed by atoms with Crippen molar-refractivity contribution >= 4 is 23.5 Å². The zero-order chi connectivity index (χ0) is 21.0. The van der Waals surface area contributed by atoms with Gasteiger partial charge in [0, 0.05) is 19.2 Å². The number of amides is 1. The van der Waals surface area contributed by atoms with Crippen LogP contribution in [-0.2, 0) is 17.5 Å². The monoisotopic (exact) mass is 403 g/mol. The number of nitrogens with zero attached hydrogens (tertiary/aromatic N) is 2. The molecule has 9 heteroatoms. The zero-order valence-corrected chi connectivity index (χ0v) is 15.2. The Morgan fingerprint density at radius 1 is 1.21 bits per heavy atom. The van der Waals surface area contributed by atoms with Gasteiger partial charge in [-0.05, 0) is 29.8 Å². The van der Waals surface area contributed by atoms with E-state index in [1.54, 1.807) is 12.1 Å². The first-order chi connectivity index (χ1) is 13.7. The van der Waals surface area contributed by atoms with Crippen LogP contribution < -0.4 is 5.32 Å². The second-order valence-electron chi connectivity index (χ2n) is 6.16. The summed E-state index contributed by atoms with van der Waals surface area (Å²) >= 11 is 0. The van der Waals surface area contributed by atoms with Gasteiger partial charge in [0.1, 0.15) is 5.76 Å². The summed E-state index contributed by atoms with van der Waals surface area (Å²) in [6, 6.07) is 8.19. The van der Waals surface area contributed by atoms with Crippen LogP contribution in [0.2, 0.25) is 0 Å². The number of ketones is 1. The van der Waals surface area contributed by atoms with E-state index in [4.69, 9.17) is 4.42 Å². The number of alkyl halides is 3. The first kappa shape index (κ1) is 20.1. The lowest BCUT2D eigenvalue weighted by Crippen LogP contribution is -2.09. The molecule has 0 atom stereocenters. The molecule has 3 aromatic rings. The van der Waals surface area contributed by atoms with Gasteiger partial charge in [-0.2, -0.15) is 18.3 Å². The van der Waals surface area contributed by atoms with Gasteiger partial charge in [-0.1, -0.05) is 18.2 Å². The fourth-order valence-electron chi connectivity index (χ4n) is 2.58. The molecule has 6 nitrogen and oxygen atoms in total. The number of furan rings is 1. The predicted molar refractivity (Wildman–Crippen MR) is 99.1 cm³/mol. The van der Waals surface area contributed by atoms with E-state index in [0.29, 0.717) is 11.4 Å². The van der Waals surface area contributed by atoms with Gasteiger partial charge in [-0.25, -0.2) is 0 Å². The van der Waals surface area contributed by atoms with E-state index < -0.39 is 17.6 Å². The Hall–Kier alpha value is -3.62. The second kappa shape index (κ2) is 8.17. The van der Waals surface area contributed by atoms with Gasteiger partial charge >= 0.3 is 6.18 Å². The third-order valence-corrected chi connectivity index (χ3v) is 3.91. The van der Waals surface area contributed by atoms with Crippen molar-refractivity contribution in [2.45, 2.75) is 19.6 Å². The first-order valence-corrected chi connectivity index (χ1v) is 8.50. The number of hydrogen-bond acceptors (Lipinski definition) is 4. The highest BCUT2D eigenvalue weighted by molar-refractivity contribution is 6.01. The number of Topliss-reactive ketones (excluding diaryl/α,β-unsaturated/α-hetero) is 1. The Bertz CT molecular complexity index is 1060. The first-order valence-electron chi connectivity index (χ1n) is 8.50. The third kappa shape index (κ3) is 5.22. The van der Waals surface area contributed by atoms with Gasteiger partial charge in [0.15, 0.2) is 11.5 Å². The van der Waals surface area contributed by atoms with Crippen LogP contribution in [0.1, 0.15) is 34.4 Å². The fourth-order valence-corrected chi connectivity index (χ4v) is 2.58. The summed E-state index contributed by atoms with van der Waals surface area (Å²) in [6.45, 7) is 1.64. The molecule has 0 aliphatic carbocycles. The van der Waals surface area contributed by atoms with E-state index in [0.717, 1.165) is 18.2 Å². The van der Waals surface area contributed by atoms with Crippen molar-refractivity contribution in [1.29, 1.82) is 0 Å². The molecule has 2 aromatic heterocycles. The number of carbonyl (C=O) groups excluding carboxylic acids is 2. The molecule has 1 N–H and O–H groups in total. The highest BCUT2D eigenvalue weighted by atomic mass is 19.4. The average Bonchev–Trinajstić information content (AvgIpc) is 3.29. The highest BCUT2D eigenvalue weighted by Gasteiger charge is 2.32. The summed E-state index contributed by atoms with van der Waals surface area (Å²) < 4.78 is 45.8. The van der Waals surface area contributed by atoms with Crippen molar-refractivity contribution in [3.63, 3.8) is 0 Å². The van der Waals surface area contributed by atoms with Gasteiger partial charge < -0.3 is 9.73 Å². The summed E-state index contributed by atoms with van der Waals surface area (Å²) in [5.74, 6) is -0.0354. The van der Waals surface area contributed by atoms with E-state index >= 15 is 0 Å². The van der Waals surface area contributed by atoms with Gasteiger partial charge in [0.05, 0.1) is 24.0 Å². The lowest BCUT2D eigenvalue weighted by Gasteiger charge is -2.09. The maximum Gasteiger partial charge on any atom is 0.416 e. The zero-order valence-electron chi connectivity index (χ0n) is 15.2. The number of anilines is 1. The number of hydrogen-bond donors (Lipinski definition) is 1. The molecule has 29 heavy (non-hydrogen) atoms. The van der Waals surface area contributed by atoms with E-state index in [-0.39, 0.29) is 23.7 Å². The molecule has 150 valence electrons. The number of halogens is 3. The largest absolute Gasteiger partial charge is 0.456 e. The minimum Gasteiger partial charge on any atom is -0.456 e. The fraction of sp³-hybridized carbons (Fsp3) is 0.150. The van der Waals surface area contributed by atoms with Crippen molar-refractivity contribution in [2.24, 2.45) is 0 Å². The van der Waals surface area contributed by atoms with Crippen LogP contribution in [0, 0.1) is 0 Å². The van der Waals surface area contributed by atoms with E-state index in [2.05, 4.69) is 10.4 Å². The normalized spacial score (nSPS) is 11.7. The van der Waals surface area contributed by atoms with Gasteiger partial charge in [0.25, 0.3) is 0 Å². The van der Waals surface area contributed by atoms with E-state index in [1.165, 1.54) is 42.2 Å². The van der Waals surface area contributed by atoms with Crippen LogP contribution in [0.3, 0.4) is 0 Å². The number of benzene rings is 1. The van der Waals surface area contributed by atoms with E-state index in [9.17, 15) is 22.8 Å². The Labute approximate surface area is 163 Å². The smallest absolute Gasteiger partial charge is 0.416 e. The molecule has 0 unspecified atom stereocenters. The van der Waals surface area contributed by atoms with Crippen molar-refractivity contribution in [1.82, 2.24) is 9.78 Å². The maximum atomic E-state index is 13.0. The van der Waals surface area contributed by atoms with E-state index in [1.807, 2.05) is 0 Å². The number of aromatic nitrogens is 2. The standard InChI is InChI=1S/C20H16F3N3O3/c1-13(27)18-8-7-16(29-18)12-26-11-15(10-24-26)25-19(28)9-6-14-4-2-3-5-17(14)20(21,22)23/h2-11H,12H2,1H3,(H,25,28)/b9-6-. The topological polar surface area (TPSA) is 77.1 Å². The molecule has 2 heterocycles. The second-order valence-corrected chi connectivity index (χ2v) is 6.16. The Morgan fingerprint density at radius 2 is 1.97 bits per heavy atom. The van der Waals surface area contributed by atoms with Gasteiger partial charge in [-0.15, -0.1) is 0 Å². The van der Waals surface area contributed by atoms with Crippen molar-refractivity contribution < 1.29 is 27.2 Å².